The zero-order chi connectivity index (χ0) is 42.8. The zero-order valence-electron chi connectivity index (χ0n) is 35.7. The first-order chi connectivity index (χ1) is 31.5. The summed E-state index contributed by atoms with van der Waals surface area (Å²) in [6, 6.07) is 83.7. The maximum Gasteiger partial charge on any atom is 0.159 e. The van der Waals surface area contributed by atoms with Crippen molar-refractivity contribution in [1.82, 2.24) is 0 Å². The average molecular weight is 837 g/mol. The molecule has 0 N–H and O–H groups in total. The van der Waals surface area contributed by atoms with Crippen LogP contribution in [0.1, 0.15) is 0 Å². The lowest BCUT2D eigenvalue weighted by molar-refractivity contribution is 0.669. The van der Waals surface area contributed by atoms with Crippen LogP contribution < -0.4 is 20.2 Å². The second kappa shape index (κ2) is 15.2. The molecule has 304 valence electrons. The van der Waals surface area contributed by atoms with Gasteiger partial charge in [0.15, 0.2) is 5.58 Å². The summed E-state index contributed by atoms with van der Waals surface area (Å²) in [6.45, 7) is 5.06. The molecule has 0 unspecified atom stereocenters. The van der Waals surface area contributed by atoms with Crippen molar-refractivity contribution < 1.29 is 4.42 Å². The smallest absolute Gasteiger partial charge is 0.159 e. The molecule has 0 saturated carbocycles. The van der Waals surface area contributed by atoms with Crippen molar-refractivity contribution in [2.24, 2.45) is 0 Å². The molecule has 11 aromatic rings. The van der Waals surface area contributed by atoms with Crippen LogP contribution in [0.25, 0.3) is 66.1 Å². The monoisotopic (exact) mass is 836 g/mol. The number of benzene rings is 10. The summed E-state index contributed by atoms with van der Waals surface area (Å²) in [5.41, 5.74) is 15.7. The molecular weight excluding hydrogens is 793 g/mol. The number of rotatable bonds is 8. The molecule has 0 bridgehead atoms. The van der Waals surface area contributed by atoms with Gasteiger partial charge in [0.1, 0.15) is 13.7 Å². The van der Waals surface area contributed by atoms with E-state index in [4.69, 9.17) is 4.42 Å². The van der Waals surface area contributed by atoms with E-state index >= 15 is 0 Å². The molecule has 4 heteroatoms. The summed E-state index contributed by atoms with van der Waals surface area (Å²) in [4.78, 5) is 4.89. The molecule has 0 amide bonds. The minimum atomic E-state index is -2.33. The fourth-order valence-electron chi connectivity index (χ4n) is 10.3. The highest BCUT2D eigenvalue weighted by Crippen LogP contribution is 2.49. The van der Waals surface area contributed by atoms with Crippen molar-refractivity contribution in [1.29, 1.82) is 0 Å². The molecule has 0 radical (unpaired) electrons. The van der Waals surface area contributed by atoms with Crippen LogP contribution in [0.4, 0.5) is 34.1 Å². The summed E-state index contributed by atoms with van der Waals surface area (Å²) in [5.74, 6) is 0. The van der Waals surface area contributed by atoms with Gasteiger partial charge in [0, 0.05) is 38.7 Å². The van der Waals surface area contributed by atoms with Gasteiger partial charge in [-0.1, -0.05) is 189 Å². The fourth-order valence-corrected chi connectivity index (χ4v) is 13.4. The van der Waals surface area contributed by atoms with Gasteiger partial charge in [0.2, 0.25) is 0 Å². The van der Waals surface area contributed by atoms with Gasteiger partial charge in [0.05, 0.1) is 22.7 Å². The average Bonchev–Trinajstić information content (AvgIpc) is 3.74. The molecule has 3 nitrogen and oxygen atoms in total. The Kier molecular flexibility index (Phi) is 8.96. The lowest BCUT2D eigenvalue weighted by Gasteiger charge is -2.37. The van der Waals surface area contributed by atoms with Crippen molar-refractivity contribution >= 4 is 85.3 Å². The predicted octanol–water partition coefficient (Wildman–Crippen LogP) is 15.8. The highest BCUT2D eigenvalue weighted by Gasteiger charge is 2.37. The highest BCUT2D eigenvalue weighted by molar-refractivity contribution is 7.03. The molecule has 0 spiro atoms. The zero-order valence-corrected chi connectivity index (χ0v) is 36.7. The van der Waals surface area contributed by atoms with Crippen molar-refractivity contribution in [3.8, 4) is 33.4 Å². The van der Waals surface area contributed by atoms with Crippen LogP contribution in [0.3, 0.4) is 0 Å². The first-order valence-corrected chi connectivity index (χ1v) is 25.1. The number of para-hydroxylation sites is 5. The quantitative estimate of drug-likeness (QED) is 0.142. The topological polar surface area (TPSA) is 19.6 Å². The first kappa shape index (κ1) is 37.8. The largest absolute Gasteiger partial charge is 0.454 e. The molecule has 0 atom stereocenters. The third-order valence-corrected chi connectivity index (χ3v) is 16.8. The third kappa shape index (κ3) is 6.02. The van der Waals surface area contributed by atoms with E-state index in [9.17, 15) is 0 Å². The molecule has 0 fully saturated rings. The Bertz CT molecular complexity index is 3540. The van der Waals surface area contributed by atoms with Crippen LogP contribution in [-0.4, -0.2) is 8.07 Å². The van der Waals surface area contributed by atoms with Gasteiger partial charge in [-0.2, -0.15) is 0 Å². The van der Waals surface area contributed by atoms with Gasteiger partial charge < -0.3 is 14.2 Å². The molecule has 12 rings (SSSR count). The molecule has 2 heterocycles. The molecule has 1 aromatic heterocycles. The van der Waals surface area contributed by atoms with Crippen LogP contribution in [0.15, 0.2) is 235 Å². The molecule has 0 aliphatic carbocycles. The summed E-state index contributed by atoms with van der Waals surface area (Å²) in [5, 5.41) is 7.67. The second-order valence-corrected chi connectivity index (χ2v) is 21.6. The Hall–Kier alpha value is -7.92. The summed E-state index contributed by atoms with van der Waals surface area (Å²) >= 11 is 0. The highest BCUT2D eigenvalue weighted by atomic mass is 28.3. The molecule has 1 aliphatic heterocycles. The van der Waals surface area contributed by atoms with E-state index in [0.29, 0.717) is 0 Å². The van der Waals surface area contributed by atoms with E-state index in [2.05, 4.69) is 247 Å². The third-order valence-electron chi connectivity index (χ3n) is 13.3. The maximum absolute atomic E-state index is 6.81. The number of fused-ring (bicyclic) bond motifs is 5. The summed E-state index contributed by atoms with van der Waals surface area (Å²) in [6.07, 6.45) is 0. The van der Waals surface area contributed by atoms with E-state index in [-0.39, 0.29) is 0 Å². The normalized spacial score (nSPS) is 12.7. The molecule has 10 aromatic carbocycles. The summed E-state index contributed by atoms with van der Waals surface area (Å²) in [7, 11) is -2.33. The van der Waals surface area contributed by atoms with Gasteiger partial charge in [-0.3, -0.25) is 0 Å². The number of hydrogen-bond acceptors (Lipinski definition) is 3. The molecular formula is C60H44N2OSi. The van der Waals surface area contributed by atoms with Crippen molar-refractivity contribution in [3.63, 3.8) is 0 Å². The second-order valence-electron chi connectivity index (χ2n) is 17.2. The lowest BCUT2D eigenvalue weighted by Crippen LogP contribution is -2.56. The number of nitrogens with zero attached hydrogens (tertiary/aromatic N) is 2. The Morgan fingerprint density at radius 1 is 0.344 bits per heavy atom. The summed E-state index contributed by atoms with van der Waals surface area (Å²) < 4.78 is 6.81. The van der Waals surface area contributed by atoms with Gasteiger partial charge in [-0.05, 0) is 92.6 Å². The van der Waals surface area contributed by atoms with Crippen molar-refractivity contribution in [2.45, 2.75) is 13.1 Å². The van der Waals surface area contributed by atoms with E-state index in [1.807, 2.05) is 6.07 Å². The molecule has 0 saturated heterocycles. The van der Waals surface area contributed by atoms with Crippen LogP contribution in [0.5, 0.6) is 0 Å². The minimum Gasteiger partial charge on any atom is -0.454 e. The maximum atomic E-state index is 6.81. The van der Waals surface area contributed by atoms with Gasteiger partial charge in [-0.25, -0.2) is 0 Å². The number of anilines is 6. The Labute approximate surface area is 374 Å². The first-order valence-electron chi connectivity index (χ1n) is 22.1. The lowest BCUT2D eigenvalue weighted by atomic mass is 9.94. The van der Waals surface area contributed by atoms with E-state index in [0.717, 1.165) is 67.2 Å². The van der Waals surface area contributed by atoms with Crippen LogP contribution >= 0.6 is 0 Å². The Balaban J connectivity index is 1.08. The van der Waals surface area contributed by atoms with E-state index < -0.39 is 8.07 Å². The minimum absolute atomic E-state index is 0.872. The van der Waals surface area contributed by atoms with Crippen LogP contribution in [-0.2, 0) is 0 Å². The van der Waals surface area contributed by atoms with Gasteiger partial charge in [-0.15, -0.1) is 0 Å². The van der Waals surface area contributed by atoms with Crippen LogP contribution in [0.2, 0.25) is 13.1 Å². The Morgan fingerprint density at radius 2 is 0.891 bits per heavy atom. The SMILES string of the molecule is C[Si]1(C)c2cc(N(c3ccccc3)c3ccccc3-c3ccccc3)ccc2-c2ccc(N(c3ccccc3-c3ccccc3)c3cccc4c3oc3ccccc34)c3cccc1c23. The predicted molar refractivity (Wildman–Crippen MR) is 274 cm³/mol. The van der Waals surface area contributed by atoms with Crippen LogP contribution in [0, 0.1) is 0 Å². The number of furan rings is 1. The molecule has 1 aliphatic rings. The number of hydrogen-bond donors (Lipinski definition) is 0. The fraction of sp³-hybridized carbons (Fsp3) is 0.0333. The Morgan fingerprint density at radius 3 is 1.61 bits per heavy atom. The van der Waals surface area contributed by atoms with Crippen molar-refractivity contribution in [3.05, 3.63) is 231 Å². The standard InChI is InChI=1S/C60H44N2OSi/c1-64(2)57-35-19-30-51-54(62(53-32-16-13-27-46(53)42-22-8-4-9-23-42)55-33-18-29-50-47-28-14-17-34-56(47)63-60(50)55)39-38-49(59(51)57)48-37-36-44(40-58(48)64)61(43-24-10-5-11-25-43)52-31-15-12-26-45(52)41-20-6-3-7-21-41/h3-40H,1-2H3. The van der Waals surface area contributed by atoms with E-state index in [1.54, 1.807) is 0 Å². The van der Waals surface area contributed by atoms with Gasteiger partial charge >= 0.3 is 0 Å². The van der Waals surface area contributed by atoms with E-state index in [1.165, 1.54) is 43.4 Å². The molecule has 64 heavy (non-hydrogen) atoms. The van der Waals surface area contributed by atoms with Crippen molar-refractivity contribution in [2.75, 3.05) is 9.80 Å². The van der Waals surface area contributed by atoms with Gasteiger partial charge in [0.25, 0.3) is 0 Å².